The zero-order valence-corrected chi connectivity index (χ0v) is 15.0. The van der Waals surface area contributed by atoms with Crippen molar-refractivity contribution in [2.24, 2.45) is 0 Å². The van der Waals surface area contributed by atoms with Crippen LogP contribution in [0.25, 0.3) is 21.5 Å². The van der Waals surface area contributed by atoms with Gasteiger partial charge in [0.1, 0.15) is 6.54 Å². The average Bonchev–Trinajstić information content (AvgIpc) is 2.70. The van der Waals surface area contributed by atoms with Gasteiger partial charge in [-0.2, -0.15) is 5.10 Å². The van der Waals surface area contributed by atoms with Crippen LogP contribution in [0.3, 0.4) is 0 Å². The molecule has 5 heteroatoms. The van der Waals surface area contributed by atoms with E-state index in [4.69, 9.17) is 0 Å². The first-order valence-electron chi connectivity index (χ1n) is 8.79. The van der Waals surface area contributed by atoms with Crippen LogP contribution in [0.1, 0.15) is 5.56 Å². The van der Waals surface area contributed by atoms with E-state index in [2.05, 4.69) is 23.3 Å². The lowest BCUT2D eigenvalue weighted by molar-refractivity contribution is -0.131. The number of hydrogen-bond acceptors (Lipinski definition) is 3. The first-order chi connectivity index (χ1) is 13.1. The van der Waals surface area contributed by atoms with E-state index in [0.29, 0.717) is 11.9 Å². The maximum atomic E-state index is 12.7. The molecule has 0 N–H and O–H groups in total. The minimum absolute atomic E-state index is 0.0784. The van der Waals surface area contributed by atoms with Gasteiger partial charge in [0.25, 0.3) is 5.56 Å². The van der Waals surface area contributed by atoms with Gasteiger partial charge in [-0.3, -0.25) is 9.59 Å². The Morgan fingerprint density at radius 3 is 2.41 bits per heavy atom. The minimum atomic E-state index is -0.250. The van der Waals surface area contributed by atoms with Gasteiger partial charge in [0.15, 0.2) is 0 Å². The molecule has 4 rings (SSSR count). The Morgan fingerprint density at radius 1 is 0.926 bits per heavy atom. The maximum absolute atomic E-state index is 12.7. The SMILES string of the molecule is CN(Cc1cccc2ccccc12)C(=O)Cn1ncc2ccccc2c1=O. The Balaban J connectivity index is 1.56. The number of nitrogens with zero attached hydrogens (tertiary/aromatic N) is 3. The predicted octanol–water partition coefficient (Wildman–Crippen LogP) is 3.21. The minimum Gasteiger partial charge on any atom is -0.340 e. The van der Waals surface area contributed by atoms with Gasteiger partial charge < -0.3 is 4.90 Å². The monoisotopic (exact) mass is 357 g/mol. The summed E-state index contributed by atoms with van der Waals surface area (Å²) in [6, 6.07) is 21.4. The highest BCUT2D eigenvalue weighted by Crippen LogP contribution is 2.19. The molecule has 0 aliphatic heterocycles. The molecule has 5 nitrogen and oxygen atoms in total. The summed E-state index contributed by atoms with van der Waals surface area (Å²) in [5, 5.41) is 7.75. The molecule has 27 heavy (non-hydrogen) atoms. The summed E-state index contributed by atoms with van der Waals surface area (Å²) >= 11 is 0. The van der Waals surface area contributed by atoms with E-state index in [0.717, 1.165) is 21.7 Å². The molecule has 3 aromatic carbocycles. The van der Waals surface area contributed by atoms with Crippen molar-refractivity contribution in [2.45, 2.75) is 13.1 Å². The molecular formula is C22H19N3O2. The highest BCUT2D eigenvalue weighted by Gasteiger charge is 2.14. The summed E-state index contributed by atoms with van der Waals surface area (Å²) in [5.74, 6) is -0.159. The van der Waals surface area contributed by atoms with E-state index in [9.17, 15) is 9.59 Å². The standard InChI is InChI=1S/C22H19N3O2/c1-24(14-18-10-6-9-16-7-2-4-11-19(16)18)21(26)15-25-22(27)20-12-5-3-8-17(20)13-23-25/h2-13H,14-15H2,1H3. The second-order valence-corrected chi connectivity index (χ2v) is 6.58. The normalized spacial score (nSPS) is 11.0. The first-order valence-corrected chi connectivity index (χ1v) is 8.79. The molecule has 0 atom stereocenters. The average molecular weight is 357 g/mol. The Bertz CT molecular complexity index is 1190. The topological polar surface area (TPSA) is 55.2 Å². The van der Waals surface area contributed by atoms with Gasteiger partial charge in [0.05, 0.1) is 11.6 Å². The van der Waals surface area contributed by atoms with Crippen molar-refractivity contribution in [3.8, 4) is 0 Å². The zero-order chi connectivity index (χ0) is 18.8. The fourth-order valence-corrected chi connectivity index (χ4v) is 3.26. The van der Waals surface area contributed by atoms with Crippen molar-refractivity contribution < 1.29 is 4.79 Å². The number of carbonyl (C=O) groups excluding carboxylic acids is 1. The number of rotatable bonds is 4. The van der Waals surface area contributed by atoms with Gasteiger partial charge in [-0.25, -0.2) is 4.68 Å². The van der Waals surface area contributed by atoms with Crippen LogP contribution in [-0.4, -0.2) is 27.6 Å². The molecule has 0 radical (unpaired) electrons. The van der Waals surface area contributed by atoms with Crippen LogP contribution in [0.4, 0.5) is 0 Å². The lowest BCUT2D eigenvalue weighted by atomic mass is 10.0. The number of fused-ring (bicyclic) bond motifs is 2. The second-order valence-electron chi connectivity index (χ2n) is 6.58. The summed E-state index contributed by atoms with van der Waals surface area (Å²) < 4.78 is 1.23. The van der Waals surface area contributed by atoms with E-state index >= 15 is 0 Å². The highest BCUT2D eigenvalue weighted by atomic mass is 16.2. The van der Waals surface area contributed by atoms with Crippen LogP contribution >= 0.6 is 0 Å². The summed E-state index contributed by atoms with van der Waals surface area (Å²) in [6.45, 7) is 0.396. The van der Waals surface area contributed by atoms with E-state index in [1.165, 1.54) is 4.68 Å². The fourth-order valence-electron chi connectivity index (χ4n) is 3.26. The van der Waals surface area contributed by atoms with Gasteiger partial charge in [0, 0.05) is 19.0 Å². The Labute approximate surface area is 156 Å². The largest absolute Gasteiger partial charge is 0.340 e. The van der Waals surface area contributed by atoms with Crippen LogP contribution in [0.5, 0.6) is 0 Å². The molecular weight excluding hydrogens is 338 g/mol. The highest BCUT2D eigenvalue weighted by molar-refractivity contribution is 5.86. The van der Waals surface area contributed by atoms with Crippen molar-refractivity contribution in [3.05, 3.63) is 88.8 Å². The number of likely N-dealkylation sites (N-methyl/N-ethyl adjacent to an activating group) is 1. The van der Waals surface area contributed by atoms with Crippen LogP contribution in [0, 0.1) is 0 Å². The van der Waals surface area contributed by atoms with Crippen molar-refractivity contribution in [3.63, 3.8) is 0 Å². The van der Waals surface area contributed by atoms with Gasteiger partial charge in [-0.1, -0.05) is 60.7 Å². The molecule has 0 fully saturated rings. The van der Waals surface area contributed by atoms with E-state index in [1.54, 1.807) is 24.2 Å². The number of aromatic nitrogens is 2. The molecule has 4 aromatic rings. The lowest BCUT2D eigenvalue weighted by Crippen LogP contribution is -2.34. The molecule has 0 unspecified atom stereocenters. The van der Waals surface area contributed by atoms with E-state index in [-0.39, 0.29) is 18.0 Å². The molecule has 0 aliphatic carbocycles. The molecule has 0 saturated heterocycles. The van der Waals surface area contributed by atoms with Gasteiger partial charge in [-0.05, 0) is 22.4 Å². The smallest absolute Gasteiger partial charge is 0.275 e. The molecule has 1 amide bonds. The number of hydrogen-bond donors (Lipinski definition) is 0. The molecule has 0 saturated carbocycles. The summed E-state index contributed by atoms with van der Waals surface area (Å²) in [7, 11) is 1.75. The Kier molecular flexibility index (Phi) is 4.42. The molecule has 0 spiro atoms. The third-order valence-electron chi connectivity index (χ3n) is 4.76. The fraction of sp³-hybridized carbons (Fsp3) is 0.136. The third kappa shape index (κ3) is 3.31. The number of benzene rings is 3. The third-order valence-corrected chi connectivity index (χ3v) is 4.76. The van der Waals surface area contributed by atoms with Crippen molar-refractivity contribution in [2.75, 3.05) is 7.05 Å². The number of amides is 1. The quantitative estimate of drug-likeness (QED) is 0.564. The maximum Gasteiger partial charge on any atom is 0.275 e. The van der Waals surface area contributed by atoms with Gasteiger partial charge in [-0.15, -0.1) is 0 Å². The van der Waals surface area contributed by atoms with Gasteiger partial charge in [0.2, 0.25) is 5.91 Å². The summed E-state index contributed by atoms with van der Waals surface area (Å²) in [6.07, 6.45) is 1.62. The zero-order valence-electron chi connectivity index (χ0n) is 15.0. The molecule has 0 aliphatic rings. The molecule has 0 bridgehead atoms. The van der Waals surface area contributed by atoms with Crippen LogP contribution < -0.4 is 5.56 Å². The van der Waals surface area contributed by atoms with Crippen LogP contribution in [0.2, 0.25) is 0 Å². The second kappa shape index (κ2) is 7.03. The van der Waals surface area contributed by atoms with E-state index in [1.807, 2.05) is 42.5 Å². The molecule has 1 aromatic heterocycles. The van der Waals surface area contributed by atoms with Crippen molar-refractivity contribution >= 4 is 27.5 Å². The Morgan fingerprint density at radius 2 is 1.59 bits per heavy atom. The predicted molar refractivity (Wildman–Crippen MR) is 106 cm³/mol. The van der Waals surface area contributed by atoms with Crippen molar-refractivity contribution in [1.29, 1.82) is 0 Å². The van der Waals surface area contributed by atoms with Crippen LogP contribution in [0.15, 0.2) is 77.7 Å². The van der Waals surface area contributed by atoms with Crippen LogP contribution in [-0.2, 0) is 17.9 Å². The van der Waals surface area contributed by atoms with Gasteiger partial charge >= 0.3 is 0 Å². The molecule has 1 heterocycles. The number of carbonyl (C=O) groups is 1. The first kappa shape index (κ1) is 17.0. The Hall–Kier alpha value is -3.47. The van der Waals surface area contributed by atoms with E-state index < -0.39 is 0 Å². The summed E-state index contributed by atoms with van der Waals surface area (Å²) in [5.41, 5.74) is 0.822. The molecule has 134 valence electrons. The summed E-state index contributed by atoms with van der Waals surface area (Å²) in [4.78, 5) is 26.8. The lowest BCUT2D eigenvalue weighted by Gasteiger charge is -2.19. The van der Waals surface area contributed by atoms with Crippen molar-refractivity contribution in [1.82, 2.24) is 14.7 Å².